The van der Waals surface area contributed by atoms with E-state index in [-0.39, 0.29) is 18.2 Å². The molecule has 9 heteroatoms. The summed E-state index contributed by atoms with van der Waals surface area (Å²) in [6, 6.07) is 9.67. The molecule has 2 aromatic carbocycles. The summed E-state index contributed by atoms with van der Waals surface area (Å²) >= 11 is 0. The number of ether oxygens (including phenoxy) is 1. The van der Waals surface area contributed by atoms with Gasteiger partial charge in [-0.05, 0) is 54.7 Å². The van der Waals surface area contributed by atoms with Crippen molar-refractivity contribution in [2.24, 2.45) is 0 Å². The Balaban J connectivity index is 1.63. The molecule has 2 atom stereocenters. The lowest BCUT2D eigenvalue weighted by Gasteiger charge is -2.44. The smallest absolute Gasteiger partial charge is 0.372 e. The summed E-state index contributed by atoms with van der Waals surface area (Å²) in [4.78, 5) is 2.33. The van der Waals surface area contributed by atoms with Gasteiger partial charge in [-0.2, -0.15) is 26.3 Å². The molecule has 0 spiro atoms. The van der Waals surface area contributed by atoms with Crippen molar-refractivity contribution in [3.63, 3.8) is 0 Å². The van der Waals surface area contributed by atoms with Crippen molar-refractivity contribution >= 4 is 0 Å². The van der Waals surface area contributed by atoms with E-state index >= 15 is 0 Å². The standard InChI is InChI=1S/C24H26F6N2O/c1-16(18-12-19(23(25,26)27)14-20(13-18)24(28,29)30)33-15-22(32-10-8-31-9-11-32)7-6-17-4-2-3-5-21(17)22/h2-5,12-14,16,31H,6-11,15H2,1H3/t16?,22-/m0/s1. The minimum absolute atomic E-state index is 0.140. The average Bonchev–Trinajstić information content (AvgIpc) is 3.16. The van der Waals surface area contributed by atoms with Gasteiger partial charge in [0.1, 0.15) is 0 Å². The van der Waals surface area contributed by atoms with Crippen molar-refractivity contribution in [2.75, 3.05) is 32.8 Å². The Morgan fingerprint density at radius 3 is 2.18 bits per heavy atom. The summed E-state index contributed by atoms with van der Waals surface area (Å²) in [6.45, 7) is 4.87. The number of benzene rings is 2. The van der Waals surface area contributed by atoms with Crippen molar-refractivity contribution < 1.29 is 31.1 Å². The third kappa shape index (κ3) is 4.90. The number of aryl methyl sites for hydroxylation is 1. The first-order valence-corrected chi connectivity index (χ1v) is 11.0. The van der Waals surface area contributed by atoms with E-state index in [2.05, 4.69) is 16.3 Å². The maximum absolute atomic E-state index is 13.3. The van der Waals surface area contributed by atoms with Gasteiger partial charge in [0.25, 0.3) is 0 Å². The fourth-order valence-electron chi connectivity index (χ4n) is 4.90. The van der Waals surface area contributed by atoms with Gasteiger partial charge in [-0.3, -0.25) is 4.90 Å². The lowest BCUT2D eigenvalue weighted by atomic mass is 9.89. The molecule has 2 aliphatic rings. The molecule has 33 heavy (non-hydrogen) atoms. The quantitative estimate of drug-likeness (QED) is 0.578. The van der Waals surface area contributed by atoms with E-state index in [1.54, 1.807) is 0 Å². The zero-order valence-electron chi connectivity index (χ0n) is 18.2. The van der Waals surface area contributed by atoms with E-state index < -0.39 is 35.1 Å². The molecule has 1 N–H and O–H groups in total. The highest BCUT2D eigenvalue weighted by molar-refractivity contribution is 5.39. The molecule has 3 nitrogen and oxygen atoms in total. The molecule has 180 valence electrons. The molecule has 0 amide bonds. The topological polar surface area (TPSA) is 24.5 Å². The summed E-state index contributed by atoms with van der Waals surface area (Å²) in [5.74, 6) is 0. The lowest BCUT2D eigenvalue weighted by Crippen LogP contribution is -2.55. The van der Waals surface area contributed by atoms with Gasteiger partial charge in [-0.25, -0.2) is 0 Å². The van der Waals surface area contributed by atoms with Gasteiger partial charge in [-0.15, -0.1) is 0 Å². The van der Waals surface area contributed by atoms with Gasteiger partial charge in [0.15, 0.2) is 0 Å². The van der Waals surface area contributed by atoms with Crippen LogP contribution in [0.3, 0.4) is 0 Å². The van der Waals surface area contributed by atoms with Gasteiger partial charge in [0, 0.05) is 26.2 Å². The largest absolute Gasteiger partial charge is 0.416 e. The number of piperazine rings is 1. The van der Waals surface area contributed by atoms with Gasteiger partial charge in [0.2, 0.25) is 0 Å². The van der Waals surface area contributed by atoms with E-state index in [4.69, 9.17) is 4.74 Å². The maximum Gasteiger partial charge on any atom is 0.416 e. The van der Waals surface area contributed by atoms with Crippen LogP contribution in [0.5, 0.6) is 0 Å². The second-order valence-corrected chi connectivity index (χ2v) is 8.72. The minimum Gasteiger partial charge on any atom is -0.372 e. The first kappa shape index (κ1) is 24.0. The summed E-state index contributed by atoms with van der Waals surface area (Å²) in [7, 11) is 0. The lowest BCUT2D eigenvalue weighted by molar-refractivity contribution is -0.143. The molecule has 1 saturated heterocycles. The van der Waals surface area contributed by atoms with Crippen molar-refractivity contribution in [1.82, 2.24) is 10.2 Å². The van der Waals surface area contributed by atoms with Crippen LogP contribution in [-0.4, -0.2) is 37.7 Å². The van der Waals surface area contributed by atoms with Gasteiger partial charge in [-0.1, -0.05) is 24.3 Å². The summed E-state index contributed by atoms with van der Waals surface area (Å²) in [5, 5.41) is 3.32. The maximum atomic E-state index is 13.3. The van der Waals surface area contributed by atoms with Crippen LogP contribution in [-0.2, 0) is 29.0 Å². The van der Waals surface area contributed by atoms with Crippen LogP contribution in [0.1, 0.15) is 47.3 Å². The van der Waals surface area contributed by atoms with E-state index in [1.165, 1.54) is 12.5 Å². The number of nitrogens with one attached hydrogen (secondary N) is 1. The molecule has 4 rings (SSSR count). The highest BCUT2D eigenvalue weighted by Crippen LogP contribution is 2.44. The molecule has 1 heterocycles. The Morgan fingerprint density at radius 2 is 1.58 bits per heavy atom. The molecular formula is C24H26F6N2O. The zero-order chi connectivity index (χ0) is 23.9. The molecule has 0 saturated carbocycles. The van der Waals surface area contributed by atoms with Crippen molar-refractivity contribution in [2.45, 2.75) is 43.8 Å². The molecule has 0 radical (unpaired) electrons. The molecule has 1 aliphatic carbocycles. The second-order valence-electron chi connectivity index (χ2n) is 8.72. The Hall–Kier alpha value is -2.10. The number of halogens is 6. The van der Waals surface area contributed by atoms with Crippen molar-refractivity contribution in [3.05, 3.63) is 70.3 Å². The summed E-state index contributed by atoms with van der Waals surface area (Å²) < 4.78 is 85.7. The minimum atomic E-state index is -4.89. The molecule has 0 bridgehead atoms. The third-order valence-corrected chi connectivity index (χ3v) is 6.70. The Labute approximate surface area is 188 Å². The van der Waals surface area contributed by atoms with E-state index in [0.717, 1.165) is 56.7 Å². The second kappa shape index (κ2) is 8.92. The zero-order valence-corrected chi connectivity index (χ0v) is 18.2. The monoisotopic (exact) mass is 472 g/mol. The molecule has 2 aromatic rings. The van der Waals surface area contributed by atoms with Crippen LogP contribution in [0.25, 0.3) is 0 Å². The molecule has 1 fully saturated rings. The summed E-state index contributed by atoms with van der Waals surface area (Å²) in [5.41, 5.74) is -0.929. The highest BCUT2D eigenvalue weighted by atomic mass is 19.4. The predicted octanol–water partition coefficient (Wildman–Crippen LogP) is 5.55. The SMILES string of the molecule is CC(OC[C@@]1(N2CCNCC2)CCc2ccccc21)c1cc(C(F)(F)F)cc(C(F)(F)F)c1. The summed E-state index contributed by atoms with van der Waals surface area (Å²) in [6.07, 6.45) is -9.08. The Morgan fingerprint density at radius 1 is 0.970 bits per heavy atom. The van der Waals surface area contributed by atoms with Crippen LogP contribution < -0.4 is 5.32 Å². The number of hydrogen-bond donors (Lipinski definition) is 1. The van der Waals surface area contributed by atoms with E-state index in [0.29, 0.717) is 0 Å². The van der Waals surface area contributed by atoms with Crippen molar-refractivity contribution in [3.8, 4) is 0 Å². The molecular weight excluding hydrogens is 446 g/mol. The molecule has 0 aromatic heterocycles. The first-order chi connectivity index (χ1) is 15.5. The Bertz CT molecular complexity index is 951. The average molecular weight is 472 g/mol. The number of fused-ring (bicyclic) bond motifs is 1. The fraction of sp³-hybridized carbons (Fsp3) is 0.500. The van der Waals surface area contributed by atoms with E-state index in [1.807, 2.05) is 18.2 Å². The van der Waals surface area contributed by atoms with Crippen LogP contribution in [0.4, 0.5) is 26.3 Å². The number of alkyl halides is 6. The van der Waals surface area contributed by atoms with Crippen molar-refractivity contribution in [1.29, 1.82) is 0 Å². The number of hydrogen-bond acceptors (Lipinski definition) is 3. The number of rotatable bonds is 5. The van der Waals surface area contributed by atoms with Crippen LogP contribution in [0, 0.1) is 0 Å². The third-order valence-electron chi connectivity index (χ3n) is 6.70. The van der Waals surface area contributed by atoms with Gasteiger partial charge >= 0.3 is 12.4 Å². The highest BCUT2D eigenvalue weighted by Gasteiger charge is 2.44. The van der Waals surface area contributed by atoms with Crippen LogP contribution in [0.2, 0.25) is 0 Å². The van der Waals surface area contributed by atoms with Crippen LogP contribution >= 0.6 is 0 Å². The molecule has 1 aliphatic heterocycles. The first-order valence-electron chi connectivity index (χ1n) is 11.0. The van der Waals surface area contributed by atoms with Gasteiger partial charge in [0.05, 0.1) is 29.4 Å². The van der Waals surface area contributed by atoms with Crippen LogP contribution in [0.15, 0.2) is 42.5 Å². The molecule has 1 unspecified atom stereocenters. The van der Waals surface area contributed by atoms with E-state index in [9.17, 15) is 26.3 Å². The normalized spacial score (nSPS) is 22.9. The predicted molar refractivity (Wildman–Crippen MR) is 112 cm³/mol. The Kier molecular flexibility index (Phi) is 6.50. The number of nitrogens with zero attached hydrogens (tertiary/aromatic N) is 1. The van der Waals surface area contributed by atoms with Gasteiger partial charge < -0.3 is 10.1 Å². The fourth-order valence-corrected chi connectivity index (χ4v) is 4.90.